The van der Waals surface area contributed by atoms with E-state index in [9.17, 15) is 14.0 Å². The Hall–Kier alpha value is -3.61. The Balaban J connectivity index is 1.79. The summed E-state index contributed by atoms with van der Waals surface area (Å²) in [5, 5.41) is 3.89. The molecule has 0 aliphatic rings. The van der Waals surface area contributed by atoms with E-state index in [2.05, 4.69) is 20.5 Å². The SMILES string of the molecule is Cc1cccc(/C=N/NC(=O)c2cc(-c3ccc(F)cc3)nc(=O)[nH]2)c1. The molecule has 6 nitrogen and oxygen atoms in total. The van der Waals surface area contributed by atoms with E-state index < -0.39 is 17.4 Å². The normalized spacial score (nSPS) is 10.8. The second-order valence-corrected chi connectivity index (χ2v) is 5.61. The van der Waals surface area contributed by atoms with Gasteiger partial charge in [-0.25, -0.2) is 14.6 Å². The number of aryl methyl sites for hydroxylation is 1. The predicted octanol–water partition coefficient (Wildman–Crippen LogP) is 2.65. The van der Waals surface area contributed by atoms with Crippen LogP contribution in [0, 0.1) is 12.7 Å². The summed E-state index contributed by atoms with van der Waals surface area (Å²) in [4.78, 5) is 30.1. The first-order chi connectivity index (χ1) is 12.5. The number of amides is 1. The highest BCUT2D eigenvalue weighted by Crippen LogP contribution is 2.16. The number of aromatic amines is 1. The van der Waals surface area contributed by atoms with Gasteiger partial charge < -0.3 is 4.98 Å². The molecule has 0 bridgehead atoms. The van der Waals surface area contributed by atoms with Crippen LogP contribution in [-0.4, -0.2) is 22.1 Å². The molecule has 0 radical (unpaired) electrons. The van der Waals surface area contributed by atoms with Gasteiger partial charge in [0.25, 0.3) is 5.91 Å². The molecule has 1 heterocycles. The summed E-state index contributed by atoms with van der Waals surface area (Å²) in [7, 11) is 0. The number of carbonyl (C=O) groups excluding carboxylic acids is 1. The molecular weight excluding hydrogens is 335 g/mol. The summed E-state index contributed by atoms with van der Waals surface area (Å²) in [5.74, 6) is -0.987. The number of nitrogens with zero attached hydrogens (tertiary/aromatic N) is 2. The Morgan fingerprint density at radius 3 is 2.69 bits per heavy atom. The number of hydrogen-bond acceptors (Lipinski definition) is 4. The molecule has 0 saturated carbocycles. The van der Waals surface area contributed by atoms with Crippen molar-refractivity contribution < 1.29 is 9.18 Å². The Kier molecular flexibility index (Phi) is 4.98. The predicted molar refractivity (Wildman–Crippen MR) is 96.5 cm³/mol. The van der Waals surface area contributed by atoms with E-state index in [1.165, 1.54) is 36.5 Å². The third kappa shape index (κ3) is 4.27. The molecule has 0 spiro atoms. The fourth-order valence-electron chi connectivity index (χ4n) is 2.32. The second kappa shape index (κ2) is 7.52. The molecule has 3 rings (SSSR count). The number of nitrogens with one attached hydrogen (secondary N) is 2. The minimum atomic E-state index is -0.681. The van der Waals surface area contributed by atoms with Crippen molar-refractivity contribution in [2.75, 3.05) is 0 Å². The maximum Gasteiger partial charge on any atom is 0.346 e. The smallest absolute Gasteiger partial charge is 0.301 e. The summed E-state index contributed by atoms with van der Waals surface area (Å²) in [5.41, 5.74) is 4.37. The molecule has 2 N–H and O–H groups in total. The first-order valence-corrected chi connectivity index (χ1v) is 7.79. The number of halogens is 1. The van der Waals surface area contributed by atoms with Crippen LogP contribution in [0.2, 0.25) is 0 Å². The Labute approximate surface area is 148 Å². The van der Waals surface area contributed by atoms with E-state index in [0.29, 0.717) is 5.56 Å². The third-order valence-electron chi connectivity index (χ3n) is 3.55. The minimum Gasteiger partial charge on any atom is -0.301 e. The largest absolute Gasteiger partial charge is 0.346 e. The van der Waals surface area contributed by atoms with Crippen LogP contribution in [0.4, 0.5) is 4.39 Å². The molecule has 130 valence electrons. The summed E-state index contributed by atoms with van der Waals surface area (Å²) >= 11 is 0. The van der Waals surface area contributed by atoms with Gasteiger partial charge in [0.2, 0.25) is 0 Å². The van der Waals surface area contributed by atoms with Crippen molar-refractivity contribution in [2.24, 2.45) is 5.10 Å². The number of hydrogen-bond donors (Lipinski definition) is 2. The molecule has 7 heteroatoms. The van der Waals surface area contributed by atoms with Crippen LogP contribution in [0.1, 0.15) is 21.6 Å². The van der Waals surface area contributed by atoms with Gasteiger partial charge in [-0.2, -0.15) is 10.1 Å². The Morgan fingerprint density at radius 1 is 1.19 bits per heavy atom. The van der Waals surface area contributed by atoms with Crippen molar-refractivity contribution in [3.63, 3.8) is 0 Å². The fourth-order valence-corrected chi connectivity index (χ4v) is 2.32. The average molecular weight is 350 g/mol. The number of hydrazone groups is 1. The highest BCUT2D eigenvalue weighted by molar-refractivity contribution is 5.93. The average Bonchev–Trinajstić information content (AvgIpc) is 2.62. The van der Waals surface area contributed by atoms with Crippen molar-refractivity contribution in [3.05, 3.63) is 87.7 Å². The molecule has 26 heavy (non-hydrogen) atoms. The molecule has 0 unspecified atom stereocenters. The summed E-state index contributed by atoms with van der Waals surface area (Å²) in [6.07, 6.45) is 1.51. The second-order valence-electron chi connectivity index (χ2n) is 5.61. The van der Waals surface area contributed by atoms with E-state index >= 15 is 0 Å². The summed E-state index contributed by atoms with van der Waals surface area (Å²) in [6.45, 7) is 1.95. The monoisotopic (exact) mass is 350 g/mol. The van der Waals surface area contributed by atoms with Crippen LogP contribution in [0.3, 0.4) is 0 Å². The molecule has 0 aliphatic carbocycles. The van der Waals surface area contributed by atoms with Crippen molar-refractivity contribution in [2.45, 2.75) is 6.92 Å². The van der Waals surface area contributed by atoms with Gasteiger partial charge in [-0.15, -0.1) is 0 Å². The zero-order valence-corrected chi connectivity index (χ0v) is 13.9. The molecule has 1 aromatic heterocycles. The highest BCUT2D eigenvalue weighted by Gasteiger charge is 2.10. The quantitative estimate of drug-likeness (QED) is 0.560. The highest BCUT2D eigenvalue weighted by atomic mass is 19.1. The van der Waals surface area contributed by atoms with E-state index in [0.717, 1.165) is 11.1 Å². The first kappa shape index (κ1) is 17.2. The van der Waals surface area contributed by atoms with Crippen LogP contribution in [0.15, 0.2) is 64.5 Å². The van der Waals surface area contributed by atoms with Crippen molar-refractivity contribution in [1.29, 1.82) is 0 Å². The van der Waals surface area contributed by atoms with E-state index in [4.69, 9.17) is 0 Å². The molecule has 3 aromatic rings. The number of aromatic nitrogens is 2. The van der Waals surface area contributed by atoms with Gasteiger partial charge in [0, 0.05) is 5.56 Å². The lowest BCUT2D eigenvalue weighted by Gasteiger charge is -2.04. The lowest BCUT2D eigenvalue weighted by Crippen LogP contribution is -2.24. The molecule has 0 saturated heterocycles. The standard InChI is InChI=1S/C19H15FN4O2/c1-12-3-2-4-13(9-12)11-21-24-18(25)17-10-16(22-19(26)23-17)14-5-7-15(20)8-6-14/h2-11H,1H3,(H,24,25)(H,22,23,26)/b21-11+. The van der Waals surface area contributed by atoms with Gasteiger partial charge in [-0.05, 0) is 42.8 Å². The zero-order chi connectivity index (χ0) is 18.5. The van der Waals surface area contributed by atoms with Crippen LogP contribution in [0.5, 0.6) is 0 Å². The molecular formula is C19H15FN4O2. The van der Waals surface area contributed by atoms with Gasteiger partial charge in [-0.1, -0.05) is 29.8 Å². The number of H-pyrrole nitrogens is 1. The number of carbonyl (C=O) groups is 1. The Bertz CT molecular complexity index is 1030. The zero-order valence-electron chi connectivity index (χ0n) is 13.9. The maximum absolute atomic E-state index is 13.0. The van der Waals surface area contributed by atoms with Crippen LogP contribution < -0.4 is 11.1 Å². The van der Waals surface area contributed by atoms with E-state index in [1.54, 1.807) is 0 Å². The van der Waals surface area contributed by atoms with Crippen molar-refractivity contribution >= 4 is 12.1 Å². The molecule has 1 amide bonds. The molecule has 2 aromatic carbocycles. The van der Waals surface area contributed by atoms with E-state index in [1.807, 2.05) is 31.2 Å². The lowest BCUT2D eigenvalue weighted by atomic mass is 10.1. The van der Waals surface area contributed by atoms with Gasteiger partial charge in [0.1, 0.15) is 11.5 Å². The fraction of sp³-hybridized carbons (Fsp3) is 0.0526. The first-order valence-electron chi connectivity index (χ1n) is 7.79. The minimum absolute atomic E-state index is 0.00529. The van der Waals surface area contributed by atoms with Crippen LogP contribution in [0.25, 0.3) is 11.3 Å². The maximum atomic E-state index is 13.0. The Morgan fingerprint density at radius 2 is 1.96 bits per heavy atom. The van der Waals surface area contributed by atoms with Crippen molar-refractivity contribution in [1.82, 2.24) is 15.4 Å². The van der Waals surface area contributed by atoms with Gasteiger partial charge in [0.05, 0.1) is 11.9 Å². The summed E-state index contributed by atoms with van der Waals surface area (Å²) < 4.78 is 13.0. The van der Waals surface area contributed by atoms with Gasteiger partial charge in [0.15, 0.2) is 0 Å². The number of rotatable bonds is 4. The topological polar surface area (TPSA) is 87.2 Å². The molecule has 0 aliphatic heterocycles. The molecule has 0 fully saturated rings. The molecule has 0 atom stereocenters. The van der Waals surface area contributed by atoms with Crippen LogP contribution >= 0.6 is 0 Å². The van der Waals surface area contributed by atoms with Crippen molar-refractivity contribution in [3.8, 4) is 11.3 Å². The third-order valence-corrected chi connectivity index (χ3v) is 3.55. The van der Waals surface area contributed by atoms with Crippen LogP contribution in [-0.2, 0) is 0 Å². The number of benzene rings is 2. The van der Waals surface area contributed by atoms with Gasteiger partial charge in [-0.3, -0.25) is 4.79 Å². The van der Waals surface area contributed by atoms with E-state index in [-0.39, 0.29) is 11.4 Å². The summed E-state index contributed by atoms with van der Waals surface area (Å²) in [6, 6.07) is 14.5. The lowest BCUT2D eigenvalue weighted by molar-refractivity contribution is 0.0949. The van der Waals surface area contributed by atoms with Gasteiger partial charge >= 0.3 is 5.69 Å².